The smallest absolute Gasteiger partial charge is 0.222 e. The van der Waals surface area contributed by atoms with Crippen molar-refractivity contribution >= 4 is 22.8 Å². The second kappa shape index (κ2) is 11.8. The van der Waals surface area contributed by atoms with Crippen LogP contribution in [0.1, 0.15) is 70.1 Å². The Bertz CT molecular complexity index is 1130. The molecule has 1 aliphatic heterocycles. The Kier molecular flexibility index (Phi) is 8.58. The molecule has 0 aliphatic carbocycles. The molecule has 0 amide bonds. The van der Waals surface area contributed by atoms with Gasteiger partial charge in [-0.2, -0.15) is 10.1 Å². The summed E-state index contributed by atoms with van der Waals surface area (Å²) in [5, 5.41) is 17.5. The first-order valence-corrected chi connectivity index (χ1v) is 13.1. The van der Waals surface area contributed by atoms with Gasteiger partial charge in [0.15, 0.2) is 5.82 Å². The molecule has 36 heavy (non-hydrogen) atoms. The highest BCUT2D eigenvalue weighted by Gasteiger charge is 2.24. The third-order valence-corrected chi connectivity index (χ3v) is 7.16. The van der Waals surface area contributed by atoms with Gasteiger partial charge in [0.1, 0.15) is 22.5 Å². The van der Waals surface area contributed by atoms with Crippen molar-refractivity contribution in [2.45, 2.75) is 77.4 Å². The molecule has 1 atom stereocenters. The molecule has 0 radical (unpaired) electrons. The highest BCUT2D eigenvalue weighted by atomic mass is 16.5. The van der Waals surface area contributed by atoms with E-state index in [0.29, 0.717) is 36.3 Å². The number of nitrogens with one attached hydrogen (secondary N) is 1. The molecule has 3 aromatic rings. The van der Waals surface area contributed by atoms with Crippen LogP contribution in [0.15, 0.2) is 18.5 Å². The molecule has 1 fully saturated rings. The summed E-state index contributed by atoms with van der Waals surface area (Å²) in [6.45, 7) is 9.38. The zero-order chi connectivity index (χ0) is 25.7. The van der Waals surface area contributed by atoms with Crippen LogP contribution in [0.2, 0.25) is 0 Å². The summed E-state index contributed by atoms with van der Waals surface area (Å²) in [6, 6.07) is 2.80. The Morgan fingerprint density at radius 3 is 2.64 bits per heavy atom. The van der Waals surface area contributed by atoms with Crippen LogP contribution in [0.4, 0.5) is 11.8 Å². The molecular weight excluding hydrogens is 456 g/mol. The van der Waals surface area contributed by atoms with E-state index < -0.39 is 0 Å². The fourth-order valence-electron chi connectivity index (χ4n) is 5.12. The van der Waals surface area contributed by atoms with Gasteiger partial charge in [0, 0.05) is 24.9 Å². The molecule has 3 aromatic heterocycles. The van der Waals surface area contributed by atoms with Gasteiger partial charge in [0.2, 0.25) is 5.95 Å². The Morgan fingerprint density at radius 1 is 1.19 bits per heavy atom. The van der Waals surface area contributed by atoms with Crippen molar-refractivity contribution in [3.8, 4) is 5.75 Å². The molecule has 0 bridgehead atoms. The Labute approximate surface area is 213 Å². The van der Waals surface area contributed by atoms with Crippen molar-refractivity contribution < 1.29 is 9.84 Å². The molecule has 1 saturated heterocycles. The van der Waals surface area contributed by atoms with E-state index in [1.807, 2.05) is 10.9 Å². The minimum atomic E-state index is 0.0786. The second-order valence-electron chi connectivity index (χ2n) is 9.93. The number of nitrogen functional groups attached to an aromatic ring is 1. The third kappa shape index (κ3) is 5.87. The number of nitrogens with zero attached hydrogens (tertiary/aromatic N) is 6. The first-order valence-electron chi connectivity index (χ1n) is 13.1. The van der Waals surface area contributed by atoms with E-state index in [9.17, 15) is 5.11 Å². The Balaban J connectivity index is 1.59. The van der Waals surface area contributed by atoms with E-state index in [0.717, 1.165) is 55.7 Å². The van der Waals surface area contributed by atoms with E-state index in [1.165, 1.54) is 5.56 Å². The predicted molar refractivity (Wildman–Crippen MR) is 142 cm³/mol. The Morgan fingerprint density at radius 2 is 1.97 bits per heavy atom. The number of aliphatic hydroxyl groups excluding tert-OH is 1. The summed E-state index contributed by atoms with van der Waals surface area (Å²) in [4.78, 5) is 16.2. The van der Waals surface area contributed by atoms with Crippen molar-refractivity contribution in [1.82, 2.24) is 29.6 Å². The van der Waals surface area contributed by atoms with Crippen LogP contribution in [0, 0.1) is 0 Å². The normalized spacial score (nSPS) is 16.1. The van der Waals surface area contributed by atoms with Crippen molar-refractivity contribution in [3.63, 3.8) is 0 Å². The standard InChI is InChI=1S/C26H40N8O2/c1-5-6-20(9-12-35)30-25-24-21(31-26(27)32-25)15-29-34(24)16-22-23(36-4)13-19(14-28-22)18-7-10-33(11-8-18)17(2)3/h13-15,17-18,20,35H,5-12,16H2,1-4H3,(H3,27,30,31,32). The summed E-state index contributed by atoms with van der Waals surface area (Å²) in [5.74, 6) is 2.06. The number of likely N-dealkylation sites (tertiary alicyclic amines) is 1. The van der Waals surface area contributed by atoms with Gasteiger partial charge in [-0.15, -0.1) is 0 Å². The van der Waals surface area contributed by atoms with Crippen molar-refractivity contribution in [3.05, 3.63) is 29.7 Å². The molecule has 4 heterocycles. The lowest BCUT2D eigenvalue weighted by Gasteiger charge is -2.34. The molecule has 1 unspecified atom stereocenters. The van der Waals surface area contributed by atoms with Crippen LogP contribution in [-0.2, 0) is 6.54 Å². The molecule has 4 rings (SSSR count). The van der Waals surface area contributed by atoms with Crippen molar-refractivity contribution in [2.24, 2.45) is 0 Å². The van der Waals surface area contributed by atoms with Crippen LogP contribution in [0.3, 0.4) is 0 Å². The lowest BCUT2D eigenvalue weighted by Crippen LogP contribution is -2.37. The van der Waals surface area contributed by atoms with Crippen molar-refractivity contribution in [2.75, 3.05) is 37.9 Å². The number of hydrogen-bond donors (Lipinski definition) is 3. The van der Waals surface area contributed by atoms with E-state index >= 15 is 0 Å². The first-order chi connectivity index (χ1) is 17.4. The number of nitrogens with two attached hydrogens (primary N) is 1. The highest BCUT2D eigenvalue weighted by Crippen LogP contribution is 2.32. The van der Waals surface area contributed by atoms with E-state index in [-0.39, 0.29) is 18.6 Å². The zero-order valence-corrected chi connectivity index (χ0v) is 21.9. The Hall–Kier alpha value is -2.98. The van der Waals surface area contributed by atoms with Gasteiger partial charge in [0.25, 0.3) is 0 Å². The van der Waals surface area contributed by atoms with E-state index in [4.69, 9.17) is 15.5 Å². The van der Waals surface area contributed by atoms with Gasteiger partial charge in [-0.25, -0.2) is 4.98 Å². The molecular formula is C26H40N8O2. The summed E-state index contributed by atoms with van der Waals surface area (Å²) in [5.41, 5.74) is 9.44. The van der Waals surface area contributed by atoms with Crippen LogP contribution in [0.25, 0.3) is 11.0 Å². The quantitative estimate of drug-likeness (QED) is 0.366. The van der Waals surface area contributed by atoms with Gasteiger partial charge < -0.3 is 25.8 Å². The molecule has 4 N–H and O–H groups in total. The first kappa shape index (κ1) is 26.1. The second-order valence-corrected chi connectivity index (χ2v) is 9.93. The van der Waals surface area contributed by atoms with Crippen molar-refractivity contribution in [1.29, 1.82) is 0 Å². The van der Waals surface area contributed by atoms with Gasteiger partial charge in [-0.05, 0) is 70.2 Å². The minimum absolute atomic E-state index is 0.0786. The predicted octanol–water partition coefficient (Wildman–Crippen LogP) is 3.41. The molecule has 196 valence electrons. The average molecular weight is 497 g/mol. The topological polar surface area (TPSA) is 127 Å². The van der Waals surface area contributed by atoms with Crippen LogP contribution < -0.4 is 15.8 Å². The number of anilines is 2. The maximum absolute atomic E-state index is 9.49. The maximum Gasteiger partial charge on any atom is 0.222 e. The molecule has 1 aliphatic rings. The maximum atomic E-state index is 9.49. The summed E-state index contributed by atoms with van der Waals surface area (Å²) < 4.78 is 7.60. The summed E-state index contributed by atoms with van der Waals surface area (Å²) in [7, 11) is 1.69. The number of aliphatic hydroxyl groups is 1. The zero-order valence-electron chi connectivity index (χ0n) is 21.9. The van der Waals surface area contributed by atoms with Gasteiger partial charge in [0.05, 0.1) is 19.9 Å². The molecule has 10 heteroatoms. The van der Waals surface area contributed by atoms with Gasteiger partial charge in [-0.1, -0.05) is 13.3 Å². The largest absolute Gasteiger partial charge is 0.495 e. The minimum Gasteiger partial charge on any atom is -0.495 e. The van der Waals surface area contributed by atoms with Crippen LogP contribution in [-0.4, -0.2) is 73.6 Å². The third-order valence-electron chi connectivity index (χ3n) is 7.16. The average Bonchev–Trinajstić information content (AvgIpc) is 3.27. The monoisotopic (exact) mass is 496 g/mol. The molecule has 0 saturated carbocycles. The van der Waals surface area contributed by atoms with Crippen LogP contribution >= 0.6 is 0 Å². The van der Waals surface area contributed by atoms with E-state index in [1.54, 1.807) is 13.3 Å². The van der Waals surface area contributed by atoms with Crippen LogP contribution in [0.5, 0.6) is 5.75 Å². The number of piperidine rings is 1. The number of pyridine rings is 1. The highest BCUT2D eigenvalue weighted by molar-refractivity contribution is 5.86. The molecule has 0 aromatic carbocycles. The number of methoxy groups -OCH3 is 1. The SMILES string of the molecule is CCCC(CCO)Nc1nc(N)nc2cnn(Cc3ncc(C4CCN(C(C)C)CC4)cc3OC)c12. The van der Waals surface area contributed by atoms with Gasteiger partial charge >= 0.3 is 0 Å². The fraction of sp³-hybridized carbons (Fsp3) is 0.615. The number of rotatable bonds is 11. The van der Waals surface area contributed by atoms with Gasteiger partial charge in [-0.3, -0.25) is 9.67 Å². The van der Waals surface area contributed by atoms with E-state index in [2.05, 4.69) is 52.1 Å². The lowest BCUT2D eigenvalue weighted by molar-refractivity contribution is 0.171. The number of hydrogen-bond acceptors (Lipinski definition) is 9. The number of ether oxygens (including phenoxy) is 1. The fourth-order valence-corrected chi connectivity index (χ4v) is 5.12. The number of fused-ring (bicyclic) bond motifs is 1. The lowest BCUT2D eigenvalue weighted by atomic mass is 9.89. The summed E-state index contributed by atoms with van der Waals surface area (Å²) in [6.07, 6.45) is 8.48. The molecule has 0 spiro atoms. The number of aromatic nitrogens is 5. The summed E-state index contributed by atoms with van der Waals surface area (Å²) >= 11 is 0. The molecule has 10 nitrogen and oxygen atoms in total.